The molecule has 0 aromatic heterocycles. The van der Waals surface area contributed by atoms with E-state index in [1.807, 2.05) is 12.1 Å². The highest BCUT2D eigenvalue weighted by molar-refractivity contribution is 5.61. The molecule has 1 aliphatic rings. The summed E-state index contributed by atoms with van der Waals surface area (Å²) in [5.41, 5.74) is 1.64. The lowest BCUT2D eigenvalue weighted by Crippen LogP contribution is -2.34. The quantitative estimate of drug-likeness (QED) is 0.750. The third-order valence-corrected chi connectivity index (χ3v) is 3.70. The summed E-state index contributed by atoms with van der Waals surface area (Å²) in [5, 5.41) is 0. The summed E-state index contributed by atoms with van der Waals surface area (Å²) in [6, 6.07) is 5.54. The third kappa shape index (κ3) is 3.00. The number of benzene rings is 1. The first-order valence-corrected chi connectivity index (χ1v) is 6.80. The summed E-state index contributed by atoms with van der Waals surface area (Å²) in [4.78, 5) is 0. The van der Waals surface area contributed by atoms with Gasteiger partial charge in [0.2, 0.25) is 6.10 Å². The molecule has 0 aliphatic carbocycles. The van der Waals surface area contributed by atoms with Crippen LogP contribution in [0.4, 0.5) is 13.2 Å². The van der Waals surface area contributed by atoms with Crippen LogP contribution in [0.3, 0.4) is 0 Å². The van der Waals surface area contributed by atoms with E-state index in [0.717, 1.165) is 24.5 Å². The molecule has 0 saturated carbocycles. The summed E-state index contributed by atoms with van der Waals surface area (Å²) < 4.78 is 43.2. The average molecular weight is 284 g/mol. The van der Waals surface area contributed by atoms with E-state index in [1.54, 1.807) is 6.07 Å². The van der Waals surface area contributed by atoms with Gasteiger partial charge in [0.1, 0.15) is 5.75 Å². The van der Waals surface area contributed by atoms with Crippen molar-refractivity contribution in [3.63, 3.8) is 0 Å². The van der Waals surface area contributed by atoms with Gasteiger partial charge in [-0.15, -0.1) is 0 Å². The fraction of sp³-hybridized carbons (Fsp3) is 0.500. The van der Waals surface area contributed by atoms with Gasteiger partial charge in [0.05, 0.1) is 0 Å². The molecule has 0 saturated heterocycles. The summed E-state index contributed by atoms with van der Waals surface area (Å²) in [6.45, 7) is 6.29. The van der Waals surface area contributed by atoms with Gasteiger partial charge in [-0.05, 0) is 29.5 Å². The lowest BCUT2D eigenvalue weighted by molar-refractivity contribution is -0.180. The van der Waals surface area contributed by atoms with Gasteiger partial charge in [0.25, 0.3) is 0 Å². The zero-order valence-corrected chi connectivity index (χ0v) is 11.9. The molecule has 1 aromatic rings. The van der Waals surface area contributed by atoms with E-state index in [4.69, 9.17) is 4.74 Å². The first kappa shape index (κ1) is 14.9. The highest BCUT2D eigenvalue weighted by Crippen LogP contribution is 2.37. The Bertz CT molecular complexity index is 515. The average Bonchev–Trinajstić information content (AvgIpc) is 2.36. The molecule has 0 amide bonds. The van der Waals surface area contributed by atoms with Crippen molar-refractivity contribution in [2.24, 2.45) is 0 Å². The van der Waals surface area contributed by atoms with E-state index in [0.29, 0.717) is 11.3 Å². The van der Waals surface area contributed by atoms with Crippen LogP contribution < -0.4 is 4.74 Å². The molecular formula is C16H19F3O. The molecule has 2 rings (SSSR count). The molecule has 1 atom stereocenters. The van der Waals surface area contributed by atoms with Gasteiger partial charge in [-0.2, -0.15) is 13.2 Å². The minimum absolute atomic E-state index is 0.0674. The highest BCUT2D eigenvalue weighted by Gasteiger charge is 2.41. The number of halogens is 3. The van der Waals surface area contributed by atoms with Crippen LogP contribution in [0.1, 0.15) is 44.7 Å². The Morgan fingerprint density at radius 2 is 1.90 bits per heavy atom. The number of hydrogen-bond donors (Lipinski definition) is 0. The summed E-state index contributed by atoms with van der Waals surface area (Å²) >= 11 is 0. The van der Waals surface area contributed by atoms with Crippen molar-refractivity contribution in [2.75, 3.05) is 0 Å². The fourth-order valence-electron chi connectivity index (χ4n) is 2.51. The van der Waals surface area contributed by atoms with E-state index in [2.05, 4.69) is 20.8 Å². The topological polar surface area (TPSA) is 9.23 Å². The van der Waals surface area contributed by atoms with Crippen molar-refractivity contribution in [3.05, 3.63) is 35.4 Å². The van der Waals surface area contributed by atoms with Crippen LogP contribution in [0, 0.1) is 0 Å². The van der Waals surface area contributed by atoms with Crippen LogP contribution in [0.15, 0.2) is 24.3 Å². The molecule has 1 aliphatic heterocycles. The fourth-order valence-corrected chi connectivity index (χ4v) is 2.51. The minimum atomic E-state index is -4.37. The third-order valence-electron chi connectivity index (χ3n) is 3.70. The van der Waals surface area contributed by atoms with E-state index in [1.165, 1.54) is 6.08 Å². The van der Waals surface area contributed by atoms with Crippen LogP contribution in [-0.4, -0.2) is 12.3 Å². The van der Waals surface area contributed by atoms with Crippen LogP contribution >= 0.6 is 0 Å². The van der Waals surface area contributed by atoms with E-state index in [-0.39, 0.29) is 5.41 Å². The SMILES string of the molecule is CCCC(C)(C)c1ccc2c(c1)OC(C(F)(F)F)C=C2. The van der Waals surface area contributed by atoms with Gasteiger partial charge < -0.3 is 4.74 Å². The Kier molecular flexibility index (Phi) is 3.85. The molecule has 1 unspecified atom stereocenters. The summed E-state index contributed by atoms with van der Waals surface area (Å²) in [5.74, 6) is 0.316. The molecule has 4 heteroatoms. The largest absolute Gasteiger partial charge is 0.476 e. The minimum Gasteiger partial charge on any atom is -0.476 e. The first-order valence-electron chi connectivity index (χ1n) is 6.80. The van der Waals surface area contributed by atoms with Crippen molar-refractivity contribution in [1.82, 2.24) is 0 Å². The number of hydrogen-bond acceptors (Lipinski definition) is 1. The predicted octanol–water partition coefficient (Wildman–Crippen LogP) is 5.10. The zero-order valence-electron chi connectivity index (χ0n) is 11.9. The Morgan fingerprint density at radius 1 is 1.20 bits per heavy atom. The van der Waals surface area contributed by atoms with Crippen molar-refractivity contribution in [3.8, 4) is 5.75 Å². The second kappa shape index (κ2) is 5.15. The Labute approximate surface area is 117 Å². The smallest absolute Gasteiger partial charge is 0.429 e. The zero-order chi connectivity index (χ0) is 15.0. The van der Waals surface area contributed by atoms with E-state index in [9.17, 15) is 13.2 Å². The van der Waals surface area contributed by atoms with Gasteiger partial charge >= 0.3 is 6.18 Å². The van der Waals surface area contributed by atoms with E-state index < -0.39 is 12.3 Å². The van der Waals surface area contributed by atoms with Crippen LogP contribution in [-0.2, 0) is 5.41 Å². The normalized spacial score (nSPS) is 18.6. The second-order valence-corrected chi connectivity index (χ2v) is 5.83. The summed E-state index contributed by atoms with van der Waals surface area (Å²) in [6.07, 6.45) is -1.68. The van der Waals surface area contributed by atoms with Gasteiger partial charge in [-0.25, -0.2) is 0 Å². The molecule has 0 bridgehead atoms. The molecule has 110 valence electrons. The van der Waals surface area contributed by atoms with Gasteiger partial charge in [0.15, 0.2) is 0 Å². The number of ether oxygens (including phenoxy) is 1. The van der Waals surface area contributed by atoms with Crippen molar-refractivity contribution in [1.29, 1.82) is 0 Å². The molecule has 20 heavy (non-hydrogen) atoms. The van der Waals surface area contributed by atoms with E-state index >= 15 is 0 Å². The lowest BCUT2D eigenvalue weighted by atomic mass is 9.80. The Morgan fingerprint density at radius 3 is 2.50 bits per heavy atom. The number of fused-ring (bicyclic) bond motifs is 1. The number of alkyl halides is 3. The summed E-state index contributed by atoms with van der Waals surface area (Å²) in [7, 11) is 0. The predicted molar refractivity (Wildman–Crippen MR) is 73.9 cm³/mol. The highest BCUT2D eigenvalue weighted by atomic mass is 19.4. The molecule has 1 nitrogen and oxygen atoms in total. The van der Waals surface area contributed by atoms with Crippen LogP contribution in [0.2, 0.25) is 0 Å². The van der Waals surface area contributed by atoms with Crippen molar-refractivity contribution < 1.29 is 17.9 Å². The maximum Gasteiger partial charge on any atom is 0.429 e. The molecule has 0 fully saturated rings. The standard InChI is InChI=1S/C16H19F3O/c1-4-9-15(2,3)12-7-5-11-6-8-14(16(17,18)19)20-13(11)10-12/h5-8,10,14H,4,9H2,1-3H3. The van der Waals surface area contributed by atoms with Gasteiger partial charge in [-0.1, -0.05) is 45.4 Å². The monoisotopic (exact) mass is 284 g/mol. The van der Waals surface area contributed by atoms with Crippen molar-refractivity contribution in [2.45, 2.75) is 51.3 Å². The van der Waals surface area contributed by atoms with Crippen LogP contribution in [0.5, 0.6) is 5.75 Å². The first-order chi connectivity index (χ1) is 9.24. The van der Waals surface area contributed by atoms with Gasteiger partial charge in [0, 0.05) is 5.56 Å². The molecule has 0 N–H and O–H groups in total. The van der Waals surface area contributed by atoms with Crippen molar-refractivity contribution >= 4 is 6.08 Å². The Hall–Kier alpha value is -1.45. The number of rotatable bonds is 3. The second-order valence-electron chi connectivity index (χ2n) is 5.83. The molecule has 1 aromatic carbocycles. The maximum absolute atomic E-state index is 12.7. The van der Waals surface area contributed by atoms with Crippen LogP contribution in [0.25, 0.3) is 6.08 Å². The maximum atomic E-state index is 12.7. The Balaban J connectivity index is 2.32. The molecular weight excluding hydrogens is 265 g/mol. The molecule has 0 spiro atoms. The lowest BCUT2D eigenvalue weighted by Gasteiger charge is -2.28. The van der Waals surface area contributed by atoms with Gasteiger partial charge in [-0.3, -0.25) is 0 Å². The molecule has 0 radical (unpaired) electrons. The molecule has 1 heterocycles.